The molecule has 5 heterocycles. The molecule has 0 bridgehead atoms. The van der Waals surface area contributed by atoms with Crippen LogP contribution in [0.15, 0.2) is 133 Å². The van der Waals surface area contributed by atoms with E-state index >= 15 is 8.78 Å². The summed E-state index contributed by atoms with van der Waals surface area (Å²) in [6.45, 7) is 12.4. The van der Waals surface area contributed by atoms with Crippen LogP contribution in [0, 0.1) is 11.6 Å². The Balaban J connectivity index is 0.000000237. The maximum atomic E-state index is 15.3. The number of esters is 1. The molecule has 0 saturated carbocycles. The van der Waals surface area contributed by atoms with E-state index in [0.717, 1.165) is 28.5 Å². The molecule has 31 heteroatoms. The Kier molecular flexibility index (Phi) is 31.3. The predicted molar refractivity (Wildman–Crippen MR) is 414 cm³/mol. The molecule has 7 N–H and O–H groups in total. The summed E-state index contributed by atoms with van der Waals surface area (Å²) >= 11 is 9.53. The van der Waals surface area contributed by atoms with Gasteiger partial charge in [0.1, 0.15) is 36.7 Å². The molecule has 5 fully saturated rings. The van der Waals surface area contributed by atoms with E-state index in [-0.39, 0.29) is 111 Å². The number of rotatable bonds is 27. The predicted octanol–water partition coefficient (Wildman–Crippen LogP) is 9.11. The molecule has 1 aliphatic carbocycles. The third-order valence-electron chi connectivity index (χ3n) is 19.1. The molecule has 6 aromatic rings. The summed E-state index contributed by atoms with van der Waals surface area (Å²) in [4.78, 5) is 144. The van der Waals surface area contributed by atoms with Crippen molar-refractivity contribution in [2.45, 2.75) is 103 Å². The number of fused-ring (bicyclic) bond motifs is 3. The summed E-state index contributed by atoms with van der Waals surface area (Å²) < 4.78 is 46.4. The van der Waals surface area contributed by atoms with Crippen LogP contribution in [0.5, 0.6) is 0 Å². The zero-order valence-electron chi connectivity index (χ0n) is 61.8. The molecule has 0 aromatic heterocycles. The van der Waals surface area contributed by atoms with Gasteiger partial charge in [0.15, 0.2) is 11.6 Å². The van der Waals surface area contributed by atoms with Gasteiger partial charge >= 0.3 is 18.2 Å². The Morgan fingerprint density at radius 1 is 0.564 bits per heavy atom. The maximum absolute atomic E-state index is 15.3. The number of alkyl halides is 2. The second-order valence-corrected chi connectivity index (χ2v) is 27.7. The summed E-state index contributed by atoms with van der Waals surface area (Å²) in [6.07, 6.45) is 2.89. The highest BCUT2D eigenvalue weighted by Crippen LogP contribution is 2.45. The first kappa shape index (κ1) is 83.4. The molecule has 0 radical (unpaired) electrons. The van der Waals surface area contributed by atoms with E-state index in [1.54, 1.807) is 96.4 Å². The summed E-state index contributed by atoms with van der Waals surface area (Å²) in [6, 6.07) is 37.0. The van der Waals surface area contributed by atoms with Gasteiger partial charge in [-0.3, -0.25) is 43.4 Å². The first-order chi connectivity index (χ1) is 53.0. The Morgan fingerprint density at radius 3 is 1.36 bits per heavy atom. The summed E-state index contributed by atoms with van der Waals surface area (Å²) in [5, 5.41) is 8.69. The monoisotopic (exact) mass is 1560 g/mol. The number of piperidine rings is 1. The van der Waals surface area contributed by atoms with Crippen molar-refractivity contribution < 1.29 is 75.7 Å². The number of benzene rings is 6. The first-order valence-electron chi connectivity index (χ1n) is 36.6. The average Bonchev–Trinajstić information content (AvgIpc) is 1.61. The Bertz CT molecular complexity index is 4160. The number of hydrogen-bond acceptors (Lipinski definition) is 21. The fourth-order valence-corrected chi connectivity index (χ4v) is 13.1. The van der Waals surface area contributed by atoms with Gasteiger partial charge in [-0.25, -0.2) is 34.0 Å². The average molecular weight is 1560 g/mol. The van der Waals surface area contributed by atoms with Crippen LogP contribution in [0.1, 0.15) is 110 Å². The normalized spacial score (nSPS) is 17.0. The number of aldehydes is 1. The lowest BCUT2D eigenvalue weighted by Gasteiger charge is -2.36. The van der Waals surface area contributed by atoms with Crippen molar-refractivity contribution in [1.29, 1.82) is 0 Å². The Hall–Kier alpha value is -10.6. The molecule has 12 rings (SSSR count). The van der Waals surface area contributed by atoms with Crippen LogP contribution in [0.4, 0.5) is 52.5 Å². The second kappa shape index (κ2) is 41.3. The number of hydrogen-bond donors (Lipinski definition) is 7. The van der Waals surface area contributed by atoms with Gasteiger partial charge in [0.05, 0.1) is 66.4 Å². The molecule has 5 aliphatic heterocycles. The third kappa shape index (κ3) is 23.5. The second-order valence-electron chi connectivity index (χ2n) is 26.9. The molecule has 27 nitrogen and oxygen atoms in total. The van der Waals surface area contributed by atoms with Gasteiger partial charge in [0.25, 0.3) is 5.78 Å². The number of cyclic esters (lactones) is 2. The first-order valence-corrected chi connectivity index (χ1v) is 37.7. The molecule has 5 saturated heterocycles. The minimum atomic E-state index is -0.935. The van der Waals surface area contributed by atoms with Gasteiger partial charge in [-0.2, -0.15) is 0 Å². The summed E-state index contributed by atoms with van der Waals surface area (Å²) in [7, 11) is 0. The standard InChI is InChI=1S/C44H45FN6O8.C29H35FN6O6.C5H11N.CH2Cl2/c1-27(42(55)43(56)58-26-37-35-9-5-3-7-33(35)34-8-4-6-10-36(34)37)47-48-30-13-11-29(12-14-30)40(53)17-18-41(54)50-21-19-49(20-22-50)39-16-15-31(23-38(39)45)51-25-32(59-44(51)57)24-46-28(2)52;1-19(18-37)32-33-22-5-3-21(4-6-22)27(39)9-10-28(40)35-13-11-34(12-14-35)26-8-7-23(15-25(26)30)36-17-24(42-29(36)41)16-31-20(2)38;1-2-4-6-5-3-1;2-1-3/h3-16,23,27,32,37,47-48H,17-22,24-26H2,1-2H3,(H,46,52);3-8,15,18-19,24,32-33H,9-14,16-17H2,1-2H3,(H,31,38);6H,1-5H2;1H2/t27-,32-;19-,24-;;/m00../s1. The lowest BCUT2D eigenvalue weighted by atomic mass is 9.98. The smallest absolute Gasteiger partial charge is 0.414 e. The minimum Gasteiger partial charge on any atom is -0.459 e. The number of nitrogens with zero attached hydrogens (tertiary/aromatic N) is 6. The summed E-state index contributed by atoms with van der Waals surface area (Å²) in [5.74, 6) is -3.97. The maximum Gasteiger partial charge on any atom is 0.414 e. The molecule has 0 spiro atoms. The molecule has 6 aliphatic rings. The van der Waals surface area contributed by atoms with Gasteiger partial charge in [-0.1, -0.05) is 55.0 Å². The molecule has 0 unspecified atom stereocenters. The molecule has 586 valence electrons. The molecule has 4 atom stereocenters. The van der Waals surface area contributed by atoms with E-state index < -0.39 is 53.8 Å². The molecule has 6 aromatic carbocycles. The Labute approximate surface area is 647 Å². The van der Waals surface area contributed by atoms with Gasteiger partial charge in [0, 0.05) is 120 Å². The number of carbonyl (C=O) groups excluding carboxylic acids is 11. The van der Waals surface area contributed by atoms with Crippen molar-refractivity contribution in [2.24, 2.45) is 0 Å². The molecule has 110 heavy (non-hydrogen) atoms. The number of anilines is 6. The Morgan fingerprint density at radius 2 is 0.982 bits per heavy atom. The highest BCUT2D eigenvalue weighted by Gasteiger charge is 2.36. The van der Waals surface area contributed by atoms with E-state index in [4.69, 9.17) is 37.4 Å². The number of carbonyl (C=O) groups is 11. The van der Waals surface area contributed by atoms with Crippen molar-refractivity contribution in [3.05, 3.63) is 167 Å². The molecular weight excluding hydrogens is 1460 g/mol. The van der Waals surface area contributed by atoms with Crippen molar-refractivity contribution in [3.63, 3.8) is 0 Å². The fraction of sp³-hybridized carbons (Fsp3) is 0.405. The van der Waals surface area contributed by atoms with Crippen molar-refractivity contribution in [1.82, 2.24) is 36.6 Å². The molecular formula is C79H93Cl2F2N13O14. The highest BCUT2D eigenvalue weighted by molar-refractivity contribution is 6.40. The van der Waals surface area contributed by atoms with Crippen LogP contribution >= 0.6 is 23.2 Å². The minimum absolute atomic E-state index is 0.0104. The lowest BCUT2D eigenvalue weighted by Crippen LogP contribution is -2.49. The number of amides is 6. The van der Waals surface area contributed by atoms with Crippen molar-refractivity contribution >= 4 is 123 Å². The highest BCUT2D eigenvalue weighted by atomic mass is 35.5. The number of ketones is 3. The molecule has 6 amide bonds. The SMILES string of the molecule is C1CCNCC1.CC(=O)NC[C@H]1CN(c2ccc(N3CCN(C(=O)CCC(=O)c4ccc(NN[C@@H](C)C(=O)C(=O)OCC5c6ccccc6-c6ccccc65)cc4)CC3)c(F)c2)C(=O)O1.CC(=O)NC[C@H]1CN(c2ccc(N3CCN(C(=O)CCC(=O)c4ccc(NN[C@@H](C)C=O)cc4)CC3)c(F)c2)C(=O)O1.ClCCl. The largest absolute Gasteiger partial charge is 0.459 e. The van der Waals surface area contributed by atoms with Crippen molar-refractivity contribution in [2.75, 3.05) is 134 Å². The van der Waals surface area contributed by atoms with E-state index in [9.17, 15) is 52.7 Å². The lowest BCUT2D eigenvalue weighted by molar-refractivity contribution is -0.154. The number of halogens is 4. The number of nitrogens with one attached hydrogen (secondary N) is 7. The topological polar surface area (TPSA) is 319 Å². The van der Waals surface area contributed by atoms with Gasteiger partial charge in [-0.15, -0.1) is 23.2 Å². The van der Waals surface area contributed by atoms with E-state index in [1.807, 2.05) is 58.3 Å². The number of piperazine rings is 2. The van der Waals surface area contributed by atoms with Crippen molar-refractivity contribution in [3.8, 4) is 11.1 Å². The van der Waals surface area contributed by atoms with E-state index in [0.29, 0.717) is 97.6 Å². The fourth-order valence-electron chi connectivity index (χ4n) is 13.1. The number of Topliss-reactive ketones (excluding diaryl/α,β-unsaturated/α-hetero) is 3. The zero-order valence-corrected chi connectivity index (χ0v) is 63.4. The van der Waals surface area contributed by atoms with E-state index in [1.165, 1.54) is 68.1 Å². The van der Waals surface area contributed by atoms with Gasteiger partial charge in [0.2, 0.25) is 23.6 Å². The van der Waals surface area contributed by atoms with E-state index in [2.05, 4.69) is 37.7 Å². The van der Waals surface area contributed by atoms with Crippen LogP contribution in [-0.2, 0) is 47.8 Å². The van der Waals surface area contributed by atoms with Gasteiger partial charge < -0.3 is 65.4 Å². The third-order valence-corrected chi connectivity index (χ3v) is 19.1. The van der Waals surface area contributed by atoms with Crippen LogP contribution in [0.3, 0.4) is 0 Å². The van der Waals surface area contributed by atoms with Gasteiger partial charge in [-0.05, 0) is 147 Å². The van der Waals surface area contributed by atoms with Crippen LogP contribution < -0.4 is 57.3 Å². The van der Waals surface area contributed by atoms with Crippen LogP contribution in [0.25, 0.3) is 11.1 Å². The zero-order chi connectivity index (χ0) is 78.8. The van der Waals surface area contributed by atoms with Crippen LogP contribution in [-0.4, -0.2) is 203 Å². The number of hydrazine groups is 2. The van der Waals surface area contributed by atoms with Crippen LogP contribution in [0.2, 0.25) is 0 Å². The summed E-state index contributed by atoms with van der Waals surface area (Å²) in [5.41, 5.74) is 19.3. The quantitative estimate of drug-likeness (QED) is 0.00481. The number of ether oxygens (including phenoxy) is 3.